The van der Waals surface area contributed by atoms with E-state index in [1.54, 1.807) is 0 Å². The summed E-state index contributed by atoms with van der Waals surface area (Å²) in [5.41, 5.74) is 3.30. The molecular formula is C26H33N7O3S. The second kappa shape index (κ2) is 11.7. The first-order chi connectivity index (χ1) is 17.6. The van der Waals surface area contributed by atoms with Gasteiger partial charge in [-0.25, -0.2) is 19.7 Å². The third-order valence-electron chi connectivity index (χ3n) is 5.61. The SMILES string of the molecule is CC(=O)Nc1nc(CN2CCN(c3ncc(-c4cccc(CNC(=O)OC(C)(C)C)c4)cn3)CC2)cs1. The predicted molar refractivity (Wildman–Crippen MR) is 144 cm³/mol. The van der Waals surface area contributed by atoms with Gasteiger partial charge >= 0.3 is 6.09 Å². The first-order valence-electron chi connectivity index (χ1n) is 12.2. The van der Waals surface area contributed by atoms with Crippen LogP contribution in [0.3, 0.4) is 0 Å². The number of carbonyl (C=O) groups is 2. The topological polar surface area (TPSA) is 113 Å². The number of nitrogens with zero attached hydrogens (tertiary/aromatic N) is 5. The molecule has 0 spiro atoms. The number of hydrogen-bond acceptors (Lipinski definition) is 9. The molecule has 0 unspecified atom stereocenters. The van der Waals surface area contributed by atoms with Gasteiger partial charge in [0.25, 0.3) is 0 Å². The average molecular weight is 524 g/mol. The molecule has 2 aromatic heterocycles. The largest absolute Gasteiger partial charge is 0.444 e. The fourth-order valence-electron chi connectivity index (χ4n) is 3.91. The summed E-state index contributed by atoms with van der Waals surface area (Å²) in [6.07, 6.45) is 3.24. The predicted octanol–water partition coefficient (Wildman–Crippen LogP) is 3.91. The van der Waals surface area contributed by atoms with Crippen LogP contribution in [0, 0.1) is 0 Å². The second-order valence-corrected chi connectivity index (χ2v) is 10.8. The minimum absolute atomic E-state index is 0.108. The zero-order valence-electron chi connectivity index (χ0n) is 21.7. The standard InChI is InChI=1S/C26H33N7O3S/c1-18(34)30-24-31-22(17-37-24)16-32-8-10-33(11-9-32)23-27-14-21(15-28-23)20-7-5-6-19(12-20)13-29-25(35)36-26(2,3)4/h5-7,12,14-15,17H,8-11,13,16H2,1-4H3,(H,29,35)(H,30,31,34). The van der Waals surface area contributed by atoms with Gasteiger partial charge in [-0.2, -0.15) is 0 Å². The van der Waals surface area contributed by atoms with Gasteiger partial charge in [0.05, 0.1) is 5.69 Å². The fourth-order valence-corrected chi connectivity index (χ4v) is 4.65. The van der Waals surface area contributed by atoms with Gasteiger partial charge in [-0.3, -0.25) is 9.69 Å². The molecular weight excluding hydrogens is 490 g/mol. The molecule has 1 saturated heterocycles. The molecule has 11 heteroatoms. The van der Waals surface area contributed by atoms with Crippen LogP contribution >= 0.6 is 11.3 Å². The molecule has 1 aromatic carbocycles. The average Bonchev–Trinajstić information content (AvgIpc) is 3.28. The normalized spacial score (nSPS) is 14.3. The Balaban J connectivity index is 1.29. The molecule has 2 N–H and O–H groups in total. The molecule has 3 aromatic rings. The Kier molecular flexibility index (Phi) is 8.34. The molecule has 1 aliphatic rings. The number of benzene rings is 1. The summed E-state index contributed by atoms with van der Waals surface area (Å²) in [5.74, 6) is 0.608. The number of ether oxygens (including phenoxy) is 1. The number of anilines is 2. The molecule has 37 heavy (non-hydrogen) atoms. The van der Waals surface area contributed by atoms with Crippen LogP contribution in [0.2, 0.25) is 0 Å². The number of piperazine rings is 1. The molecule has 196 valence electrons. The van der Waals surface area contributed by atoms with Crippen molar-refractivity contribution in [1.82, 2.24) is 25.2 Å². The Morgan fingerprint density at radius 3 is 2.49 bits per heavy atom. The maximum atomic E-state index is 11.9. The Morgan fingerprint density at radius 2 is 1.81 bits per heavy atom. The van der Waals surface area contributed by atoms with Crippen LogP contribution in [0.4, 0.5) is 15.9 Å². The van der Waals surface area contributed by atoms with Gasteiger partial charge in [0.2, 0.25) is 11.9 Å². The lowest BCUT2D eigenvalue weighted by Gasteiger charge is -2.34. The lowest BCUT2D eigenvalue weighted by Crippen LogP contribution is -2.46. The highest BCUT2D eigenvalue weighted by molar-refractivity contribution is 7.13. The molecule has 0 saturated carbocycles. The van der Waals surface area contributed by atoms with Gasteiger partial charge in [0.1, 0.15) is 5.60 Å². The van der Waals surface area contributed by atoms with Crippen molar-refractivity contribution in [3.63, 3.8) is 0 Å². The molecule has 4 rings (SSSR count). The Bertz CT molecular complexity index is 1220. The molecule has 2 amide bonds. The summed E-state index contributed by atoms with van der Waals surface area (Å²) in [7, 11) is 0. The third-order valence-corrected chi connectivity index (χ3v) is 6.42. The summed E-state index contributed by atoms with van der Waals surface area (Å²) >= 11 is 1.45. The summed E-state index contributed by atoms with van der Waals surface area (Å²) in [4.78, 5) is 41.4. The zero-order chi connectivity index (χ0) is 26.4. The number of nitrogens with one attached hydrogen (secondary N) is 2. The van der Waals surface area contributed by atoms with Gasteiger partial charge in [0, 0.05) is 69.5 Å². The lowest BCUT2D eigenvalue weighted by atomic mass is 10.1. The van der Waals surface area contributed by atoms with Crippen molar-refractivity contribution in [3.8, 4) is 11.1 Å². The Morgan fingerprint density at radius 1 is 1.08 bits per heavy atom. The van der Waals surface area contributed by atoms with Crippen LogP contribution in [0.25, 0.3) is 11.1 Å². The van der Waals surface area contributed by atoms with Crippen LogP contribution in [-0.2, 0) is 22.6 Å². The summed E-state index contributed by atoms with van der Waals surface area (Å²) in [6.45, 7) is 11.5. The van der Waals surface area contributed by atoms with E-state index < -0.39 is 11.7 Å². The fraction of sp³-hybridized carbons (Fsp3) is 0.423. The molecule has 0 aliphatic carbocycles. The number of thiazole rings is 1. The van der Waals surface area contributed by atoms with E-state index in [1.807, 2.05) is 62.8 Å². The third kappa shape index (κ3) is 7.96. The maximum Gasteiger partial charge on any atom is 0.407 e. The smallest absolute Gasteiger partial charge is 0.407 e. The van der Waals surface area contributed by atoms with E-state index in [9.17, 15) is 9.59 Å². The van der Waals surface area contributed by atoms with Crippen LogP contribution in [0.15, 0.2) is 42.0 Å². The van der Waals surface area contributed by atoms with Gasteiger partial charge in [0.15, 0.2) is 5.13 Å². The molecule has 0 radical (unpaired) electrons. The van der Waals surface area contributed by atoms with E-state index in [4.69, 9.17) is 4.74 Å². The highest BCUT2D eigenvalue weighted by Crippen LogP contribution is 2.22. The van der Waals surface area contributed by atoms with E-state index in [2.05, 4.69) is 35.4 Å². The van der Waals surface area contributed by atoms with Crippen molar-refractivity contribution in [1.29, 1.82) is 0 Å². The van der Waals surface area contributed by atoms with Crippen LogP contribution in [-0.4, -0.2) is 63.6 Å². The van der Waals surface area contributed by atoms with Crippen LogP contribution in [0.1, 0.15) is 39.0 Å². The van der Waals surface area contributed by atoms with E-state index in [0.29, 0.717) is 17.6 Å². The molecule has 1 aliphatic heterocycles. The maximum absolute atomic E-state index is 11.9. The summed E-state index contributed by atoms with van der Waals surface area (Å²) in [5, 5.41) is 8.15. The van der Waals surface area contributed by atoms with Gasteiger partial charge < -0.3 is 20.3 Å². The molecule has 3 heterocycles. The minimum Gasteiger partial charge on any atom is -0.444 e. The Labute approximate surface area is 221 Å². The number of rotatable bonds is 7. The lowest BCUT2D eigenvalue weighted by molar-refractivity contribution is -0.114. The van der Waals surface area contributed by atoms with Crippen LogP contribution in [0.5, 0.6) is 0 Å². The van der Waals surface area contributed by atoms with Crippen molar-refractivity contribution in [2.45, 2.75) is 46.4 Å². The van der Waals surface area contributed by atoms with E-state index >= 15 is 0 Å². The van der Waals surface area contributed by atoms with Crippen LogP contribution < -0.4 is 15.5 Å². The number of alkyl carbamates (subject to hydrolysis) is 1. The summed E-state index contributed by atoms with van der Waals surface area (Å²) in [6, 6.07) is 7.94. The first-order valence-corrected chi connectivity index (χ1v) is 13.1. The number of aromatic nitrogens is 3. The number of amides is 2. The highest BCUT2D eigenvalue weighted by atomic mass is 32.1. The molecule has 0 bridgehead atoms. The van der Waals surface area contributed by atoms with Crippen molar-refractivity contribution in [3.05, 3.63) is 53.3 Å². The molecule has 10 nitrogen and oxygen atoms in total. The zero-order valence-corrected chi connectivity index (χ0v) is 22.5. The quantitative estimate of drug-likeness (QED) is 0.479. The molecule has 0 atom stereocenters. The first kappa shape index (κ1) is 26.5. The van der Waals surface area contributed by atoms with E-state index in [1.165, 1.54) is 18.3 Å². The van der Waals surface area contributed by atoms with Gasteiger partial charge in [-0.1, -0.05) is 18.2 Å². The van der Waals surface area contributed by atoms with E-state index in [-0.39, 0.29) is 5.91 Å². The van der Waals surface area contributed by atoms with E-state index in [0.717, 1.165) is 55.1 Å². The van der Waals surface area contributed by atoms with Gasteiger partial charge in [-0.15, -0.1) is 11.3 Å². The van der Waals surface area contributed by atoms with Crippen molar-refractivity contribution >= 4 is 34.4 Å². The number of carbonyl (C=O) groups excluding carboxylic acids is 2. The summed E-state index contributed by atoms with van der Waals surface area (Å²) < 4.78 is 5.30. The number of hydrogen-bond donors (Lipinski definition) is 2. The van der Waals surface area contributed by atoms with Crippen molar-refractivity contribution < 1.29 is 14.3 Å². The van der Waals surface area contributed by atoms with Crippen molar-refractivity contribution in [2.24, 2.45) is 0 Å². The Hall–Kier alpha value is -3.57. The highest BCUT2D eigenvalue weighted by Gasteiger charge is 2.20. The second-order valence-electron chi connectivity index (χ2n) is 9.92. The van der Waals surface area contributed by atoms with Gasteiger partial charge in [-0.05, 0) is 38.0 Å². The minimum atomic E-state index is -0.530. The monoisotopic (exact) mass is 523 g/mol. The molecule has 1 fully saturated rings. The van der Waals surface area contributed by atoms with Crippen molar-refractivity contribution in [2.75, 3.05) is 36.4 Å².